The molecule has 0 aliphatic carbocycles. The van der Waals surface area contributed by atoms with Gasteiger partial charge in [-0.1, -0.05) is 60.7 Å². The van der Waals surface area contributed by atoms with Crippen molar-refractivity contribution in [1.29, 1.82) is 0 Å². The number of allylic oxidation sites excluding steroid dienone is 4. The van der Waals surface area contributed by atoms with Crippen LogP contribution < -0.4 is 29.1 Å². The topological polar surface area (TPSA) is 31.4 Å². The molecule has 0 N–H and O–H groups in total. The number of nitrogens with zero attached hydrogens (tertiary/aromatic N) is 6. The van der Waals surface area contributed by atoms with Crippen LogP contribution in [0.3, 0.4) is 0 Å². The summed E-state index contributed by atoms with van der Waals surface area (Å²) in [7, 11) is 13.8. The number of fused-ring (bicyclic) bond motifs is 4. The molecule has 0 amide bonds. The van der Waals surface area contributed by atoms with Gasteiger partial charge in [-0.15, -0.1) is 0 Å². The smallest absolute Gasteiger partial charge is 0.192 e. The summed E-state index contributed by atoms with van der Waals surface area (Å²) < 4.78 is 14.7. The zero-order valence-electron chi connectivity index (χ0n) is 34.7. The quantitative estimate of drug-likeness (QED) is 0.119. The molecular formula is C49H60N6O2+2. The number of para-hydroxylation sites is 6. The van der Waals surface area contributed by atoms with Crippen LogP contribution in [0.25, 0.3) is 11.1 Å². The van der Waals surface area contributed by atoms with E-state index in [0.29, 0.717) is 0 Å². The van der Waals surface area contributed by atoms with Crippen LogP contribution in [0, 0.1) is 0 Å². The summed E-state index contributed by atoms with van der Waals surface area (Å²) in [6, 6.07) is 34.1. The standard InChI is InChI=1S/C49H60N6O2/c1-50-44-22-11-13-24-46(44)56-48(50)36-38-26-30-52(42-20-9-7-18-40(38)42)28-15-32-54(3,4)34-17-35-55(5,6)33-16-29-53-31-27-39(41-19-8-10-21-43(41)53)37-49-51(2)45-23-12-14-25-47(45)57-49/h7-14,18-27,30-31,36-37,48-49H,15-17,28-29,32-35H2,1-6H3/q+2/b38-36+,39-37+. The van der Waals surface area contributed by atoms with Crippen molar-refractivity contribution in [2.24, 2.45) is 0 Å². The van der Waals surface area contributed by atoms with Crippen LogP contribution in [0.15, 0.2) is 134 Å². The van der Waals surface area contributed by atoms with E-state index in [-0.39, 0.29) is 12.5 Å². The van der Waals surface area contributed by atoms with Crippen molar-refractivity contribution >= 4 is 33.9 Å². The molecule has 0 radical (unpaired) electrons. The fraction of sp³-hybridized carbons (Fsp3) is 0.347. The fourth-order valence-electron chi connectivity index (χ4n) is 8.77. The summed E-state index contributed by atoms with van der Waals surface area (Å²) >= 11 is 0. The Bertz CT molecular complexity index is 2030. The Morgan fingerprint density at radius 1 is 0.491 bits per heavy atom. The fourth-order valence-corrected chi connectivity index (χ4v) is 8.77. The molecule has 2 atom stereocenters. The second kappa shape index (κ2) is 16.2. The Hall–Kier alpha value is -5.44. The van der Waals surface area contributed by atoms with Crippen molar-refractivity contribution < 1.29 is 18.4 Å². The van der Waals surface area contributed by atoms with E-state index in [2.05, 4.69) is 171 Å². The lowest BCUT2D eigenvalue weighted by molar-refractivity contribution is -0.909. The molecule has 296 valence electrons. The lowest BCUT2D eigenvalue weighted by atomic mass is 9.99. The van der Waals surface area contributed by atoms with E-state index in [1.54, 1.807) is 0 Å². The third kappa shape index (κ3) is 8.48. The van der Waals surface area contributed by atoms with E-state index in [4.69, 9.17) is 9.47 Å². The average molecular weight is 765 g/mol. The van der Waals surface area contributed by atoms with Gasteiger partial charge in [0, 0.05) is 81.3 Å². The van der Waals surface area contributed by atoms with Crippen molar-refractivity contribution in [2.75, 3.05) is 101 Å². The van der Waals surface area contributed by atoms with Gasteiger partial charge in [-0.3, -0.25) is 0 Å². The summed E-state index contributed by atoms with van der Waals surface area (Å²) in [5, 5.41) is 0. The van der Waals surface area contributed by atoms with Gasteiger partial charge in [0.1, 0.15) is 11.5 Å². The van der Waals surface area contributed by atoms with E-state index in [1.807, 2.05) is 24.3 Å². The van der Waals surface area contributed by atoms with Crippen LogP contribution >= 0.6 is 0 Å². The number of hydrogen-bond acceptors (Lipinski definition) is 6. The molecule has 0 spiro atoms. The van der Waals surface area contributed by atoms with Gasteiger partial charge >= 0.3 is 0 Å². The minimum absolute atomic E-state index is 0.121. The number of ether oxygens (including phenoxy) is 2. The molecule has 0 saturated heterocycles. The normalized spacial score (nSPS) is 19.8. The van der Waals surface area contributed by atoms with Crippen molar-refractivity contribution in [3.63, 3.8) is 0 Å². The Balaban J connectivity index is 0.791. The third-order valence-electron chi connectivity index (χ3n) is 12.2. The highest BCUT2D eigenvalue weighted by Gasteiger charge is 2.29. The van der Waals surface area contributed by atoms with Gasteiger partial charge in [0.2, 0.25) is 0 Å². The maximum atomic E-state index is 6.29. The van der Waals surface area contributed by atoms with Gasteiger partial charge in [0.25, 0.3) is 0 Å². The summed E-state index contributed by atoms with van der Waals surface area (Å²) in [6.45, 7) is 6.66. The van der Waals surface area contributed by atoms with Crippen molar-refractivity contribution in [1.82, 2.24) is 0 Å². The summed E-state index contributed by atoms with van der Waals surface area (Å²) in [6.07, 6.45) is 16.7. The van der Waals surface area contributed by atoms with Crippen molar-refractivity contribution in [3.05, 3.63) is 145 Å². The molecule has 0 aromatic heterocycles. The molecule has 4 aliphatic heterocycles. The maximum absolute atomic E-state index is 6.29. The molecule has 0 fully saturated rings. The Kier molecular flexibility index (Phi) is 10.9. The predicted octanol–water partition coefficient (Wildman–Crippen LogP) is 8.85. The lowest BCUT2D eigenvalue weighted by Gasteiger charge is -2.35. The van der Waals surface area contributed by atoms with Gasteiger partial charge in [0.15, 0.2) is 12.5 Å². The minimum atomic E-state index is -0.121. The molecule has 0 saturated carbocycles. The highest BCUT2D eigenvalue weighted by atomic mass is 16.5. The number of hydrogen-bond donors (Lipinski definition) is 0. The van der Waals surface area contributed by atoms with Gasteiger partial charge < -0.3 is 38.0 Å². The van der Waals surface area contributed by atoms with Gasteiger partial charge in [-0.25, -0.2) is 0 Å². The average Bonchev–Trinajstić information content (AvgIpc) is 3.70. The van der Waals surface area contributed by atoms with E-state index < -0.39 is 0 Å². The number of benzene rings is 4. The Morgan fingerprint density at radius 3 is 1.28 bits per heavy atom. The molecular weight excluding hydrogens is 705 g/mol. The van der Waals surface area contributed by atoms with Crippen molar-refractivity contribution in [3.8, 4) is 11.5 Å². The van der Waals surface area contributed by atoms with E-state index in [0.717, 1.165) is 70.9 Å². The van der Waals surface area contributed by atoms with Crippen LogP contribution in [-0.4, -0.2) is 103 Å². The first-order valence-corrected chi connectivity index (χ1v) is 20.7. The molecule has 0 bridgehead atoms. The number of quaternary nitrogens is 2. The first kappa shape index (κ1) is 38.4. The summed E-state index contributed by atoms with van der Waals surface area (Å²) in [5.74, 6) is 1.88. The first-order valence-electron chi connectivity index (χ1n) is 20.7. The zero-order chi connectivity index (χ0) is 39.6. The molecule has 8 rings (SSSR count). The summed E-state index contributed by atoms with van der Waals surface area (Å²) in [5.41, 5.74) is 9.74. The molecule has 4 aliphatic rings. The monoisotopic (exact) mass is 764 g/mol. The van der Waals surface area contributed by atoms with Crippen LogP contribution in [-0.2, 0) is 0 Å². The highest BCUT2D eigenvalue weighted by Crippen LogP contribution is 2.40. The largest absolute Gasteiger partial charge is 0.465 e. The van der Waals surface area contributed by atoms with Gasteiger partial charge in [-0.2, -0.15) is 0 Å². The SMILES string of the molecule is CN1c2ccccc2OC1/C=C1\C=CN(CCC[N+](C)(C)CCC[N+](C)(C)CCCN2C=C/C(=C\C3Oc4ccccc4N3C)c3ccccc32)c2ccccc21. The minimum Gasteiger partial charge on any atom is -0.465 e. The highest BCUT2D eigenvalue weighted by molar-refractivity contribution is 5.88. The number of likely N-dealkylation sites (N-methyl/N-ethyl adjacent to an activating group) is 2. The molecule has 57 heavy (non-hydrogen) atoms. The maximum Gasteiger partial charge on any atom is 0.192 e. The number of rotatable bonds is 14. The van der Waals surface area contributed by atoms with Crippen LogP contribution in [0.2, 0.25) is 0 Å². The van der Waals surface area contributed by atoms with Crippen LogP contribution in [0.1, 0.15) is 30.4 Å². The zero-order valence-corrected chi connectivity index (χ0v) is 34.7. The second-order valence-corrected chi connectivity index (χ2v) is 17.3. The van der Waals surface area contributed by atoms with E-state index in [1.165, 1.54) is 53.2 Å². The molecule has 8 nitrogen and oxygen atoms in total. The van der Waals surface area contributed by atoms with E-state index in [9.17, 15) is 0 Å². The van der Waals surface area contributed by atoms with Crippen LogP contribution in [0.4, 0.5) is 22.7 Å². The third-order valence-corrected chi connectivity index (χ3v) is 12.2. The first-order chi connectivity index (χ1) is 27.6. The molecule has 4 aromatic carbocycles. The van der Waals surface area contributed by atoms with Gasteiger partial charge in [0.05, 0.1) is 65.7 Å². The molecule has 4 aromatic rings. The number of anilines is 4. The predicted molar refractivity (Wildman–Crippen MR) is 238 cm³/mol. The van der Waals surface area contributed by atoms with Gasteiger partial charge in [-0.05, 0) is 71.8 Å². The Labute approximate surface area is 340 Å². The molecule has 2 unspecified atom stereocenters. The second-order valence-electron chi connectivity index (χ2n) is 17.3. The Morgan fingerprint density at radius 2 is 0.860 bits per heavy atom. The molecule has 4 heterocycles. The van der Waals surface area contributed by atoms with E-state index >= 15 is 0 Å². The van der Waals surface area contributed by atoms with Crippen LogP contribution in [0.5, 0.6) is 11.5 Å². The lowest BCUT2D eigenvalue weighted by Crippen LogP contribution is -2.47. The molecule has 8 heteroatoms. The van der Waals surface area contributed by atoms with Crippen molar-refractivity contribution in [2.45, 2.75) is 31.7 Å². The summed E-state index contributed by atoms with van der Waals surface area (Å²) in [4.78, 5) is 9.26.